The van der Waals surface area contributed by atoms with Gasteiger partial charge < -0.3 is 15.5 Å². The molecule has 3 aromatic rings. The van der Waals surface area contributed by atoms with Crippen molar-refractivity contribution >= 4 is 17.6 Å². The molecule has 1 unspecified atom stereocenters. The van der Waals surface area contributed by atoms with Gasteiger partial charge in [-0.2, -0.15) is 0 Å². The third-order valence-electron chi connectivity index (χ3n) is 5.42. The predicted octanol–water partition coefficient (Wildman–Crippen LogP) is 4.42. The summed E-state index contributed by atoms with van der Waals surface area (Å²) < 4.78 is 13.0. The highest BCUT2D eigenvalue weighted by molar-refractivity contribution is 6.07. The average molecular weight is 417 g/mol. The minimum atomic E-state index is -0.310. The van der Waals surface area contributed by atoms with E-state index >= 15 is 0 Å². The summed E-state index contributed by atoms with van der Waals surface area (Å²) in [5.74, 6) is -0.326. The van der Waals surface area contributed by atoms with Crippen molar-refractivity contribution < 1.29 is 14.0 Å². The molecule has 0 bridgehead atoms. The van der Waals surface area contributed by atoms with Gasteiger partial charge in [0.15, 0.2) is 0 Å². The van der Waals surface area contributed by atoms with E-state index in [0.29, 0.717) is 18.7 Å². The zero-order valence-corrected chi connectivity index (χ0v) is 17.3. The van der Waals surface area contributed by atoms with Crippen molar-refractivity contribution in [3.63, 3.8) is 0 Å². The Morgan fingerprint density at radius 3 is 2.29 bits per heavy atom. The molecule has 0 radical (unpaired) electrons. The molecule has 0 saturated carbocycles. The van der Waals surface area contributed by atoms with Crippen LogP contribution in [0.3, 0.4) is 0 Å². The summed E-state index contributed by atoms with van der Waals surface area (Å²) in [4.78, 5) is 27.0. The van der Waals surface area contributed by atoms with E-state index in [1.165, 1.54) is 12.1 Å². The van der Waals surface area contributed by atoms with Gasteiger partial charge in [0.1, 0.15) is 5.82 Å². The first kappa shape index (κ1) is 20.6. The SMILES string of the molecule is CC1Cc2ccc(CNC(=O)NCc3ccc(F)cc3)cc2N1C(=O)c1ccccc1. The first-order chi connectivity index (χ1) is 15.0. The maximum atomic E-state index is 13.1. The highest BCUT2D eigenvalue weighted by atomic mass is 19.1. The van der Waals surface area contributed by atoms with Crippen LogP contribution in [-0.2, 0) is 19.5 Å². The van der Waals surface area contributed by atoms with Crippen LogP contribution in [-0.4, -0.2) is 18.0 Å². The number of nitrogens with one attached hydrogen (secondary N) is 2. The van der Waals surface area contributed by atoms with Gasteiger partial charge in [0.25, 0.3) is 5.91 Å². The van der Waals surface area contributed by atoms with Gasteiger partial charge in [0.05, 0.1) is 0 Å². The Kier molecular flexibility index (Phi) is 5.98. The van der Waals surface area contributed by atoms with Crippen LogP contribution in [0.2, 0.25) is 0 Å². The molecule has 158 valence electrons. The average Bonchev–Trinajstić information content (AvgIpc) is 3.12. The molecule has 0 aromatic heterocycles. The second-order valence-corrected chi connectivity index (χ2v) is 7.72. The van der Waals surface area contributed by atoms with Crippen LogP contribution in [0.5, 0.6) is 0 Å². The van der Waals surface area contributed by atoms with Crippen molar-refractivity contribution in [2.75, 3.05) is 4.90 Å². The number of halogens is 1. The van der Waals surface area contributed by atoms with Gasteiger partial charge in [-0.25, -0.2) is 9.18 Å². The number of hydrogen-bond donors (Lipinski definition) is 2. The minimum absolute atomic E-state index is 0.0194. The van der Waals surface area contributed by atoms with Gasteiger partial charge in [-0.3, -0.25) is 4.79 Å². The Hall–Kier alpha value is -3.67. The number of amides is 3. The number of carbonyl (C=O) groups is 2. The highest BCUT2D eigenvalue weighted by Crippen LogP contribution is 2.34. The molecule has 0 fully saturated rings. The molecular weight excluding hydrogens is 393 g/mol. The van der Waals surface area contributed by atoms with Crippen LogP contribution >= 0.6 is 0 Å². The summed E-state index contributed by atoms with van der Waals surface area (Å²) in [7, 11) is 0. The smallest absolute Gasteiger partial charge is 0.315 e. The lowest BCUT2D eigenvalue weighted by atomic mass is 10.1. The van der Waals surface area contributed by atoms with Crippen molar-refractivity contribution in [1.29, 1.82) is 0 Å². The maximum Gasteiger partial charge on any atom is 0.315 e. The van der Waals surface area contributed by atoms with E-state index in [0.717, 1.165) is 28.8 Å². The number of fused-ring (bicyclic) bond motifs is 1. The van der Waals surface area contributed by atoms with Crippen molar-refractivity contribution in [3.05, 3.63) is 101 Å². The molecule has 3 amide bonds. The molecule has 31 heavy (non-hydrogen) atoms. The molecule has 3 aromatic carbocycles. The molecule has 1 aliphatic rings. The van der Waals surface area contributed by atoms with E-state index in [-0.39, 0.29) is 23.8 Å². The zero-order chi connectivity index (χ0) is 21.8. The molecule has 0 aliphatic carbocycles. The Bertz CT molecular complexity index is 1080. The van der Waals surface area contributed by atoms with E-state index in [1.54, 1.807) is 12.1 Å². The largest absolute Gasteiger partial charge is 0.334 e. The second-order valence-electron chi connectivity index (χ2n) is 7.72. The van der Waals surface area contributed by atoms with Crippen molar-refractivity contribution in [3.8, 4) is 0 Å². The van der Waals surface area contributed by atoms with E-state index < -0.39 is 0 Å². The lowest BCUT2D eigenvalue weighted by Crippen LogP contribution is -2.36. The van der Waals surface area contributed by atoms with Crippen molar-refractivity contribution in [1.82, 2.24) is 10.6 Å². The Morgan fingerprint density at radius 2 is 1.58 bits per heavy atom. The van der Waals surface area contributed by atoms with Gasteiger partial charge >= 0.3 is 6.03 Å². The van der Waals surface area contributed by atoms with Crippen molar-refractivity contribution in [2.45, 2.75) is 32.5 Å². The Balaban J connectivity index is 1.40. The first-order valence-electron chi connectivity index (χ1n) is 10.3. The number of carbonyl (C=O) groups excluding carboxylic acids is 2. The molecular formula is C25H24FN3O2. The third-order valence-corrected chi connectivity index (χ3v) is 5.42. The molecule has 0 saturated heterocycles. The van der Waals surface area contributed by atoms with E-state index in [1.807, 2.05) is 60.4 Å². The van der Waals surface area contributed by atoms with Crippen LogP contribution in [0.1, 0.15) is 34.0 Å². The van der Waals surface area contributed by atoms with E-state index in [4.69, 9.17) is 0 Å². The fourth-order valence-corrected chi connectivity index (χ4v) is 3.82. The minimum Gasteiger partial charge on any atom is -0.334 e. The molecule has 1 aliphatic heterocycles. The predicted molar refractivity (Wildman–Crippen MR) is 118 cm³/mol. The van der Waals surface area contributed by atoms with Gasteiger partial charge in [0, 0.05) is 30.4 Å². The quantitative estimate of drug-likeness (QED) is 0.646. The molecule has 4 rings (SSSR count). The lowest BCUT2D eigenvalue weighted by molar-refractivity contribution is 0.0981. The number of urea groups is 1. The van der Waals surface area contributed by atoms with Crippen LogP contribution in [0, 0.1) is 5.82 Å². The summed E-state index contributed by atoms with van der Waals surface area (Å²) in [6.07, 6.45) is 0.805. The van der Waals surface area contributed by atoms with Gasteiger partial charge in [-0.1, -0.05) is 42.5 Å². The number of hydrogen-bond acceptors (Lipinski definition) is 2. The molecule has 6 heteroatoms. The monoisotopic (exact) mass is 417 g/mol. The molecule has 1 heterocycles. The third kappa shape index (κ3) is 4.74. The van der Waals surface area contributed by atoms with Crippen LogP contribution in [0.4, 0.5) is 14.9 Å². The summed E-state index contributed by atoms with van der Waals surface area (Å²) in [5, 5.41) is 5.59. The molecule has 0 spiro atoms. The summed E-state index contributed by atoms with van der Waals surface area (Å²) in [6, 6.07) is 21.0. The second kappa shape index (κ2) is 9.00. The highest BCUT2D eigenvalue weighted by Gasteiger charge is 2.31. The summed E-state index contributed by atoms with van der Waals surface area (Å²) in [6.45, 7) is 2.69. The fourth-order valence-electron chi connectivity index (χ4n) is 3.82. The van der Waals surface area contributed by atoms with Crippen LogP contribution in [0.25, 0.3) is 0 Å². The topological polar surface area (TPSA) is 61.4 Å². The maximum absolute atomic E-state index is 13.1. The zero-order valence-electron chi connectivity index (χ0n) is 17.3. The van der Waals surface area contributed by atoms with E-state index in [2.05, 4.69) is 10.6 Å². The summed E-state index contributed by atoms with van der Waals surface area (Å²) in [5.41, 5.74) is 4.41. The van der Waals surface area contributed by atoms with Gasteiger partial charge in [0.2, 0.25) is 0 Å². The van der Waals surface area contributed by atoms with Gasteiger partial charge in [-0.05, 0) is 60.4 Å². The van der Waals surface area contributed by atoms with Crippen LogP contribution in [0.15, 0.2) is 72.8 Å². The lowest BCUT2D eigenvalue weighted by Gasteiger charge is -2.23. The number of nitrogens with zero attached hydrogens (tertiary/aromatic N) is 1. The number of benzene rings is 3. The fraction of sp³-hybridized carbons (Fsp3) is 0.200. The first-order valence-corrected chi connectivity index (χ1v) is 10.3. The molecule has 5 nitrogen and oxygen atoms in total. The summed E-state index contributed by atoms with van der Waals surface area (Å²) >= 11 is 0. The normalized spacial score (nSPS) is 14.8. The Labute approximate surface area is 180 Å². The van der Waals surface area contributed by atoms with E-state index in [9.17, 15) is 14.0 Å². The molecule has 2 N–H and O–H groups in total. The molecule has 1 atom stereocenters. The number of rotatable bonds is 5. The standard InChI is InChI=1S/C25H24FN3O2/c1-17-13-21-10-7-19(14-23(21)29(17)24(30)20-5-3-2-4-6-20)16-28-25(31)27-15-18-8-11-22(26)12-9-18/h2-12,14,17H,13,15-16H2,1H3,(H2,27,28,31). The van der Waals surface area contributed by atoms with Crippen molar-refractivity contribution in [2.24, 2.45) is 0 Å². The Morgan fingerprint density at radius 1 is 0.935 bits per heavy atom. The number of anilines is 1. The van der Waals surface area contributed by atoms with Gasteiger partial charge in [-0.15, -0.1) is 0 Å². The van der Waals surface area contributed by atoms with Crippen LogP contribution < -0.4 is 15.5 Å².